The number of aliphatic carboxylic acids is 1. The molecule has 1 aliphatic heterocycles. The molecule has 1 aromatic rings. The molecule has 2 N–H and O–H groups in total. The number of hydrogen-bond acceptors (Lipinski definition) is 3. The first-order valence-electron chi connectivity index (χ1n) is 6.21. The van der Waals surface area contributed by atoms with Gasteiger partial charge in [-0.25, -0.2) is 13.6 Å². The molecule has 1 heterocycles. The van der Waals surface area contributed by atoms with Crippen LogP contribution in [0.1, 0.15) is 12.0 Å². The van der Waals surface area contributed by atoms with E-state index in [4.69, 9.17) is 9.84 Å². The van der Waals surface area contributed by atoms with E-state index in [1.807, 2.05) is 0 Å². The Balaban J connectivity index is 2.10. The molecule has 7 heteroatoms. The van der Waals surface area contributed by atoms with Gasteiger partial charge in [0.15, 0.2) is 0 Å². The van der Waals surface area contributed by atoms with E-state index < -0.39 is 30.8 Å². The highest BCUT2D eigenvalue weighted by Gasteiger charge is 2.26. The van der Waals surface area contributed by atoms with Gasteiger partial charge in [0.25, 0.3) is 5.91 Å². The molecule has 0 aromatic heterocycles. The Kier molecular flexibility index (Phi) is 4.52. The molecule has 1 atom stereocenters. The molecular weight excluding hydrogens is 284 g/mol. The number of rotatable bonds is 5. The van der Waals surface area contributed by atoms with Crippen molar-refractivity contribution in [3.8, 4) is 5.75 Å². The molecule has 0 radical (unpaired) electrons. The number of fused-ring (bicyclic) bond motifs is 1. The summed E-state index contributed by atoms with van der Waals surface area (Å²) in [5.41, 5.74) is 0.865. The highest BCUT2D eigenvalue weighted by molar-refractivity contribution is 6.00. The van der Waals surface area contributed by atoms with E-state index in [1.165, 1.54) is 0 Å². The number of amides is 1. The standard InChI is InChI=1S/C14H13F2NO4/c15-12(16)6-10(14(19)20)17-13(18)9-5-8-3-1-2-4-11(8)21-7-9/h1-5,10,12H,6-7H2,(H,17,18)(H,19,20). The Morgan fingerprint density at radius 1 is 1.33 bits per heavy atom. The van der Waals surface area contributed by atoms with Crippen molar-refractivity contribution in [1.29, 1.82) is 0 Å². The summed E-state index contributed by atoms with van der Waals surface area (Å²) in [5, 5.41) is 10.9. The molecule has 1 aromatic carbocycles. The van der Waals surface area contributed by atoms with E-state index >= 15 is 0 Å². The molecule has 0 aliphatic carbocycles. The van der Waals surface area contributed by atoms with Gasteiger partial charge in [-0.2, -0.15) is 0 Å². The molecule has 2 rings (SSSR count). The van der Waals surface area contributed by atoms with Crippen molar-refractivity contribution in [3.05, 3.63) is 35.4 Å². The van der Waals surface area contributed by atoms with Crippen LogP contribution < -0.4 is 10.1 Å². The van der Waals surface area contributed by atoms with E-state index in [0.29, 0.717) is 11.3 Å². The van der Waals surface area contributed by atoms with E-state index in [1.54, 1.807) is 30.3 Å². The highest BCUT2D eigenvalue weighted by Crippen LogP contribution is 2.25. The zero-order valence-corrected chi connectivity index (χ0v) is 10.9. The van der Waals surface area contributed by atoms with Gasteiger partial charge >= 0.3 is 5.97 Å². The number of nitrogens with one attached hydrogen (secondary N) is 1. The zero-order chi connectivity index (χ0) is 15.4. The molecule has 1 amide bonds. The van der Waals surface area contributed by atoms with Crippen molar-refractivity contribution in [3.63, 3.8) is 0 Å². The number of halogens is 2. The van der Waals surface area contributed by atoms with Gasteiger partial charge in [-0.1, -0.05) is 18.2 Å². The lowest BCUT2D eigenvalue weighted by Crippen LogP contribution is -2.43. The normalized spacial score (nSPS) is 14.7. The fraction of sp³-hybridized carbons (Fsp3) is 0.286. The average Bonchev–Trinajstić information content (AvgIpc) is 2.45. The molecule has 0 saturated heterocycles. The molecule has 0 saturated carbocycles. The topological polar surface area (TPSA) is 75.6 Å². The van der Waals surface area contributed by atoms with Crippen molar-refractivity contribution in [2.45, 2.75) is 18.9 Å². The minimum atomic E-state index is -2.82. The molecular formula is C14H13F2NO4. The maximum atomic E-state index is 12.3. The first kappa shape index (κ1) is 15.0. The number of carboxylic acid groups (broad SMARTS) is 1. The lowest BCUT2D eigenvalue weighted by molar-refractivity contribution is -0.142. The average molecular weight is 297 g/mol. The summed E-state index contributed by atoms with van der Waals surface area (Å²) in [6.45, 7) is -0.0378. The Hall–Kier alpha value is -2.44. The van der Waals surface area contributed by atoms with Gasteiger partial charge in [0.05, 0.1) is 5.57 Å². The predicted molar refractivity (Wildman–Crippen MR) is 70.1 cm³/mol. The molecule has 112 valence electrons. The van der Waals surface area contributed by atoms with Crippen molar-refractivity contribution in [1.82, 2.24) is 5.32 Å². The quantitative estimate of drug-likeness (QED) is 0.867. The van der Waals surface area contributed by atoms with E-state index in [9.17, 15) is 18.4 Å². The Bertz CT molecular complexity index is 586. The van der Waals surface area contributed by atoms with Crippen LogP contribution in [0.25, 0.3) is 6.08 Å². The third-order valence-electron chi connectivity index (χ3n) is 2.94. The lowest BCUT2D eigenvalue weighted by atomic mass is 10.1. The zero-order valence-electron chi connectivity index (χ0n) is 10.9. The smallest absolute Gasteiger partial charge is 0.326 e. The van der Waals surface area contributed by atoms with Gasteiger partial charge in [-0.05, 0) is 12.1 Å². The van der Waals surface area contributed by atoms with Crippen LogP contribution in [-0.4, -0.2) is 36.1 Å². The van der Waals surface area contributed by atoms with E-state index in [0.717, 1.165) is 0 Å². The third-order valence-corrected chi connectivity index (χ3v) is 2.94. The second-order valence-electron chi connectivity index (χ2n) is 4.49. The number of para-hydroxylation sites is 1. The van der Waals surface area contributed by atoms with Crippen LogP contribution in [0.5, 0.6) is 5.75 Å². The van der Waals surface area contributed by atoms with Gasteiger partial charge in [-0.3, -0.25) is 4.79 Å². The van der Waals surface area contributed by atoms with Gasteiger partial charge in [0, 0.05) is 12.0 Å². The van der Waals surface area contributed by atoms with Gasteiger partial charge in [0.1, 0.15) is 18.4 Å². The second kappa shape index (κ2) is 6.34. The molecule has 0 fully saturated rings. The monoisotopic (exact) mass is 297 g/mol. The van der Waals surface area contributed by atoms with E-state index in [-0.39, 0.29) is 12.2 Å². The van der Waals surface area contributed by atoms with Crippen LogP contribution in [0.3, 0.4) is 0 Å². The number of hydrogen-bond donors (Lipinski definition) is 2. The fourth-order valence-electron chi connectivity index (χ4n) is 1.90. The van der Waals surface area contributed by atoms with Gasteiger partial charge < -0.3 is 15.2 Å². The number of benzene rings is 1. The predicted octanol–water partition coefficient (Wildman–Crippen LogP) is 1.69. The number of carbonyl (C=O) groups excluding carboxylic acids is 1. The molecule has 1 aliphatic rings. The van der Waals surface area contributed by atoms with Crippen LogP contribution in [0.4, 0.5) is 8.78 Å². The second-order valence-corrected chi connectivity index (χ2v) is 4.49. The molecule has 1 unspecified atom stereocenters. The summed E-state index contributed by atoms with van der Waals surface area (Å²) < 4.78 is 29.9. The Morgan fingerprint density at radius 2 is 2.05 bits per heavy atom. The summed E-state index contributed by atoms with van der Waals surface area (Å²) in [7, 11) is 0. The first-order chi connectivity index (χ1) is 9.97. The molecule has 21 heavy (non-hydrogen) atoms. The fourth-order valence-corrected chi connectivity index (χ4v) is 1.90. The van der Waals surface area contributed by atoms with Crippen LogP contribution >= 0.6 is 0 Å². The molecule has 5 nitrogen and oxygen atoms in total. The summed E-state index contributed by atoms with van der Waals surface area (Å²) in [4.78, 5) is 22.8. The summed E-state index contributed by atoms with van der Waals surface area (Å²) in [6.07, 6.45) is -2.20. The third kappa shape index (κ3) is 3.77. The molecule has 0 spiro atoms. The summed E-state index contributed by atoms with van der Waals surface area (Å²) in [6, 6.07) is 5.38. The number of carboxylic acids is 1. The van der Waals surface area contributed by atoms with Gasteiger partial charge in [-0.15, -0.1) is 0 Å². The van der Waals surface area contributed by atoms with Crippen LogP contribution in [0.2, 0.25) is 0 Å². The minimum Gasteiger partial charge on any atom is -0.488 e. The van der Waals surface area contributed by atoms with Crippen LogP contribution in [-0.2, 0) is 9.59 Å². The summed E-state index contributed by atoms with van der Waals surface area (Å²) in [5.74, 6) is -1.62. The van der Waals surface area contributed by atoms with Crippen molar-refractivity contribution in [2.75, 3.05) is 6.61 Å². The van der Waals surface area contributed by atoms with Crippen molar-refractivity contribution < 1.29 is 28.2 Å². The highest BCUT2D eigenvalue weighted by atomic mass is 19.3. The summed E-state index contributed by atoms with van der Waals surface area (Å²) >= 11 is 0. The Morgan fingerprint density at radius 3 is 2.71 bits per heavy atom. The van der Waals surface area contributed by atoms with E-state index in [2.05, 4.69) is 5.32 Å². The molecule has 0 bridgehead atoms. The Labute approximate surface area is 119 Å². The van der Waals surface area contributed by atoms with Crippen LogP contribution in [0, 0.1) is 0 Å². The van der Waals surface area contributed by atoms with Gasteiger partial charge in [0.2, 0.25) is 6.43 Å². The van der Waals surface area contributed by atoms with Crippen molar-refractivity contribution in [2.24, 2.45) is 0 Å². The first-order valence-corrected chi connectivity index (χ1v) is 6.21. The maximum absolute atomic E-state index is 12.3. The number of ether oxygens (including phenoxy) is 1. The lowest BCUT2D eigenvalue weighted by Gasteiger charge is -2.19. The largest absolute Gasteiger partial charge is 0.488 e. The maximum Gasteiger partial charge on any atom is 0.326 e. The SMILES string of the molecule is O=C(NC(CC(F)F)C(=O)O)C1=Cc2ccccc2OC1. The number of alkyl halides is 2. The number of carbonyl (C=O) groups is 2. The van der Waals surface area contributed by atoms with Crippen molar-refractivity contribution >= 4 is 18.0 Å². The van der Waals surface area contributed by atoms with Crippen LogP contribution in [0.15, 0.2) is 29.8 Å². The minimum absolute atomic E-state index is 0.0378.